The third kappa shape index (κ3) is 1.97. The number of carbonyl (C=O) groups is 1. The molecule has 2 aromatic heterocycles. The number of anilines is 2. The van der Waals surface area contributed by atoms with Crippen LogP contribution in [0.2, 0.25) is 0 Å². The average Bonchev–Trinajstić information content (AvgIpc) is 2.68. The topological polar surface area (TPSA) is 96.7 Å². The molecule has 0 aliphatic heterocycles. The number of halogens is 1. The van der Waals surface area contributed by atoms with E-state index in [1.54, 1.807) is 0 Å². The summed E-state index contributed by atoms with van der Waals surface area (Å²) in [6.07, 6.45) is 2.54. The lowest BCUT2D eigenvalue weighted by Gasteiger charge is -2.02. The van der Waals surface area contributed by atoms with Crippen LogP contribution in [0.3, 0.4) is 0 Å². The van der Waals surface area contributed by atoms with Crippen LogP contribution in [0.5, 0.6) is 0 Å². The standard InChI is InChI=1S/C9H8FN5O/c10-7-2-1-5(3-12-7)14-9(16)8-6(11)4-13-15-8/h1-4H,11H2,(H,13,15)(H,14,16). The molecule has 0 radical (unpaired) electrons. The Hall–Kier alpha value is -2.44. The summed E-state index contributed by atoms with van der Waals surface area (Å²) >= 11 is 0. The van der Waals surface area contributed by atoms with Gasteiger partial charge in [-0.05, 0) is 12.1 Å². The first-order valence-corrected chi connectivity index (χ1v) is 4.38. The number of amides is 1. The lowest BCUT2D eigenvalue weighted by molar-refractivity contribution is 0.102. The molecule has 0 saturated heterocycles. The van der Waals surface area contributed by atoms with E-state index in [9.17, 15) is 9.18 Å². The number of aromatic nitrogens is 3. The summed E-state index contributed by atoms with van der Waals surface area (Å²) in [5.74, 6) is -1.07. The molecule has 0 spiro atoms. The Labute approximate surface area is 89.7 Å². The number of nitrogens with one attached hydrogen (secondary N) is 2. The monoisotopic (exact) mass is 221 g/mol. The molecule has 2 rings (SSSR count). The molecule has 0 saturated carbocycles. The van der Waals surface area contributed by atoms with Crippen molar-refractivity contribution in [3.05, 3.63) is 36.2 Å². The molecule has 2 aromatic rings. The van der Waals surface area contributed by atoms with Gasteiger partial charge in [0, 0.05) is 0 Å². The van der Waals surface area contributed by atoms with Crippen molar-refractivity contribution >= 4 is 17.3 Å². The van der Waals surface area contributed by atoms with Gasteiger partial charge in [0.25, 0.3) is 5.91 Å². The highest BCUT2D eigenvalue weighted by molar-refractivity contribution is 6.05. The minimum atomic E-state index is -0.612. The van der Waals surface area contributed by atoms with Crippen LogP contribution >= 0.6 is 0 Å². The van der Waals surface area contributed by atoms with E-state index in [-0.39, 0.29) is 11.4 Å². The van der Waals surface area contributed by atoms with Crippen molar-refractivity contribution in [2.75, 3.05) is 11.1 Å². The second-order valence-corrected chi connectivity index (χ2v) is 3.02. The predicted molar refractivity (Wildman–Crippen MR) is 55.1 cm³/mol. The summed E-state index contributed by atoms with van der Waals surface area (Å²) in [4.78, 5) is 15.0. The Balaban J connectivity index is 2.14. The fourth-order valence-corrected chi connectivity index (χ4v) is 1.12. The largest absolute Gasteiger partial charge is 0.396 e. The quantitative estimate of drug-likeness (QED) is 0.653. The smallest absolute Gasteiger partial charge is 0.275 e. The van der Waals surface area contributed by atoms with Crippen LogP contribution in [0.25, 0.3) is 0 Å². The molecule has 0 aromatic carbocycles. The van der Waals surface area contributed by atoms with E-state index in [4.69, 9.17) is 5.73 Å². The summed E-state index contributed by atoms with van der Waals surface area (Å²) in [6.45, 7) is 0. The molecule has 16 heavy (non-hydrogen) atoms. The van der Waals surface area contributed by atoms with E-state index in [1.807, 2.05) is 0 Å². The first-order valence-electron chi connectivity index (χ1n) is 4.38. The van der Waals surface area contributed by atoms with Gasteiger partial charge in [-0.3, -0.25) is 9.89 Å². The molecule has 0 bridgehead atoms. The normalized spacial score (nSPS) is 10.1. The highest BCUT2D eigenvalue weighted by Gasteiger charge is 2.11. The van der Waals surface area contributed by atoms with Crippen LogP contribution in [-0.4, -0.2) is 21.1 Å². The Kier molecular flexibility index (Phi) is 2.50. The number of rotatable bonds is 2. The van der Waals surface area contributed by atoms with Crippen LogP contribution in [0.15, 0.2) is 24.5 Å². The Morgan fingerprint density at radius 2 is 2.25 bits per heavy atom. The van der Waals surface area contributed by atoms with Crippen molar-refractivity contribution in [1.82, 2.24) is 15.2 Å². The molecule has 4 N–H and O–H groups in total. The lowest BCUT2D eigenvalue weighted by atomic mass is 10.3. The first kappa shape index (κ1) is 10.1. The van der Waals surface area contributed by atoms with Crippen molar-refractivity contribution in [3.8, 4) is 0 Å². The number of hydrogen-bond acceptors (Lipinski definition) is 4. The zero-order valence-electron chi connectivity index (χ0n) is 8.07. The number of nitrogens with zero attached hydrogens (tertiary/aromatic N) is 2. The number of carbonyl (C=O) groups excluding carboxylic acids is 1. The van der Waals surface area contributed by atoms with E-state index in [1.165, 1.54) is 18.5 Å². The van der Waals surface area contributed by atoms with E-state index in [0.29, 0.717) is 5.69 Å². The minimum Gasteiger partial charge on any atom is -0.396 e. The Morgan fingerprint density at radius 1 is 1.44 bits per heavy atom. The maximum Gasteiger partial charge on any atom is 0.275 e. The van der Waals surface area contributed by atoms with E-state index < -0.39 is 11.9 Å². The maximum absolute atomic E-state index is 12.5. The van der Waals surface area contributed by atoms with Gasteiger partial charge < -0.3 is 11.1 Å². The summed E-state index contributed by atoms with van der Waals surface area (Å²) in [6, 6.07) is 2.54. The van der Waals surface area contributed by atoms with E-state index >= 15 is 0 Å². The highest BCUT2D eigenvalue weighted by atomic mass is 19.1. The predicted octanol–water partition coefficient (Wildman–Crippen LogP) is 0.778. The molecule has 82 valence electrons. The summed E-state index contributed by atoms with van der Waals surface area (Å²) < 4.78 is 12.5. The van der Waals surface area contributed by atoms with Crippen LogP contribution < -0.4 is 11.1 Å². The van der Waals surface area contributed by atoms with E-state index in [2.05, 4.69) is 20.5 Å². The number of nitrogens with two attached hydrogens (primary N) is 1. The molecule has 0 atom stereocenters. The van der Waals surface area contributed by atoms with Crippen LogP contribution in [-0.2, 0) is 0 Å². The fraction of sp³-hybridized carbons (Fsp3) is 0. The van der Waals surface area contributed by atoms with Crippen LogP contribution in [0.4, 0.5) is 15.8 Å². The number of nitrogen functional groups attached to an aromatic ring is 1. The molecule has 0 fully saturated rings. The van der Waals surface area contributed by atoms with Crippen LogP contribution in [0.1, 0.15) is 10.5 Å². The van der Waals surface area contributed by atoms with Gasteiger partial charge in [-0.15, -0.1) is 0 Å². The Bertz CT molecular complexity index is 507. The van der Waals surface area contributed by atoms with Crippen molar-refractivity contribution in [2.45, 2.75) is 0 Å². The summed E-state index contributed by atoms with van der Waals surface area (Å²) in [5.41, 5.74) is 6.26. The van der Waals surface area contributed by atoms with Crippen molar-refractivity contribution in [3.63, 3.8) is 0 Å². The van der Waals surface area contributed by atoms with E-state index in [0.717, 1.165) is 6.07 Å². The van der Waals surface area contributed by atoms with Gasteiger partial charge >= 0.3 is 0 Å². The van der Waals surface area contributed by atoms with Crippen LogP contribution in [0, 0.1) is 5.95 Å². The SMILES string of the molecule is Nc1cn[nH]c1C(=O)Nc1ccc(F)nc1. The number of H-pyrrole nitrogens is 1. The first-order chi connectivity index (χ1) is 7.66. The molecule has 6 nitrogen and oxygen atoms in total. The maximum atomic E-state index is 12.5. The second kappa shape index (κ2) is 3.97. The van der Waals surface area contributed by atoms with Gasteiger partial charge in [0.15, 0.2) is 0 Å². The van der Waals surface area contributed by atoms with Crippen molar-refractivity contribution < 1.29 is 9.18 Å². The zero-order chi connectivity index (χ0) is 11.5. The molecule has 2 heterocycles. The fourth-order valence-electron chi connectivity index (χ4n) is 1.12. The minimum absolute atomic E-state index is 0.157. The second-order valence-electron chi connectivity index (χ2n) is 3.02. The van der Waals surface area contributed by atoms with Gasteiger partial charge in [-0.25, -0.2) is 4.98 Å². The molecular weight excluding hydrogens is 213 g/mol. The third-order valence-corrected chi connectivity index (χ3v) is 1.88. The lowest BCUT2D eigenvalue weighted by Crippen LogP contribution is -2.14. The summed E-state index contributed by atoms with van der Waals surface area (Å²) in [5, 5.41) is 8.56. The average molecular weight is 221 g/mol. The molecule has 0 unspecified atom stereocenters. The highest BCUT2D eigenvalue weighted by Crippen LogP contribution is 2.10. The zero-order valence-corrected chi connectivity index (χ0v) is 8.07. The molecule has 1 amide bonds. The molecular formula is C9H8FN5O. The van der Waals surface area contributed by atoms with Gasteiger partial charge in [0.2, 0.25) is 5.95 Å². The number of pyridine rings is 1. The van der Waals surface area contributed by atoms with Gasteiger partial charge in [-0.1, -0.05) is 0 Å². The molecule has 0 aliphatic rings. The third-order valence-electron chi connectivity index (χ3n) is 1.88. The van der Waals surface area contributed by atoms with Gasteiger partial charge in [-0.2, -0.15) is 9.49 Å². The van der Waals surface area contributed by atoms with Gasteiger partial charge in [0.1, 0.15) is 5.69 Å². The molecule has 0 aliphatic carbocycles. The Morgan fingerprint density at radius 3 is 2.81 bits per heavy atom. The molecule has 7 heteroatoms. The van der Waals surface area contributed by atoms with Gasteiger partial charge in [0.05, 0.1) is 23.8 Å². The number of hydrogen-bond donors (Lipinski definition) is 3. The summed E-state index contributed by atoms with van der Waals surface area (Å²) in [7, 11) is 0. The van der Waals surface area contributed by atoms with Crippen molar-refractivity contribution in [2.24, 2.45) is 0 Å². The van der Waals surface area contributed by atoms with Crippen molar-refractivity contribution in [1.29, 1.82) is 0 Å². The number of aromatic amines is 1.